The zero-order valence-electron chi connectivity index (χ0n) is 25.6. The molecule has 0 heterocycles. The molecule has 0 aromatic carbocycles. The molecule has 5 unspecified atom stereocenters. The number of aliphatic hydroxyl groups is 1. The normalized spacial score (nSPS) is 21.4. The predicted octanol–water partition coefficient (Wildman–Crippen LogP) is 6.96. The first-order chi connectivity index (χ1) is 16.6. The second-order valence-electron chi connectivity index (χ2n) is 13.4. The fraction of sp³-hybridized carbons (Fsp3) is 0.900. The molecule has 218 valence electrons. The van der Waals surface area contributed by atoms with Gasteiger partial charge in [0.15, 0.2) is 5.60 Å². The Morgan fingerprint density at radius 3 is 1.14 bits per heavy atom. The number of rotatable bonds is 17. The van der Waals surface area contributed by atoms with Crippen molar-refractivity contribution in [2.75, 3.05) is 0 Å². The summed E-state index contributed by atoms with van der Waals surface area (Å²) in [4.78, 5) is 39.5. The van der Waals surface area contributed by atoms with Gasteiger partial charge in [-0.3, -0.25) is 9.59 Å². The molecule has 5 atom stereocenters. The third kappa shape index (κ3) is 6.69. The quantitative estimate of drug-likeness (QED) is 0.160. The van der Waals surface area contributed by atoms with Crippen molar-refractivity contribution in [3.05, 3.63) is 0 Å². The first-order valence-corrected chi connectivity index (χ1v) is 14.0. The molecule has 0 aromatic heterocycles. The van der Waals surface area contributed by atoms with Crippen LogP contribution >= 0.6 is 0 Å². The van der Waals surface area contributed by atoms with E-state index in [0.717, 1.165) is 0 Å². The molecule has 0 spiro atoms. The minimum absolute atomic E-state index is 0.00948. The summed E-state index contributed by atoms with van der Waals surface area (Å²) in [7, 11) is 0. The number of hydrogen-bond acceptors (Lipinski definition) is 4. The van der Waals surface area contributed by atoms with Crippen molar-refractivity contribution in [1.82, 2.24) is 0 Å². The van der Waals surface area contributed by atoms with Crippen LogP contribution in [0.4, 0.5) is 0 Å². The van der Waals surface area contributed by atoms with Gasteiger partial charge in [-0.2, -0.15) is 0 Å². The summed E-state index contributed by atoms with van der Waals surface area (Å²) in [6, 6.07) is 0. The average Bonchev–Trinajstić information content (AvgIpc) is 2.79. The highest BCUT2D eigenvalue weighted by Crippen LogP contribution is 2.58. The summed E-state index contributed by atoms with van der Waals surface area (Å²) < 4.78 is 0. The molecule has 0 radical (unpaired) electrons. The number of carboxylic acid groups (broad SMARTS) is 3. The van der Waals surface area contributed by atoms with E-state index < -0.39 is 51.1 Å². The maximum atomic E-state index is 13.5. The van der Waals surface area contributed by atoms with Gasteiger partial charge in [-0.05, 0) is 53.3 Å². The molecule has 37 heavy (non-hydrogen) atoms. The van der Waals surface area contributed by atoms with Crippen LogP contribution in [0.3, 0.4) is 0 Å². The van der Waals surface area contributed by atoms with E-state index in [9.17, 15) is 34.8 Å². The van der Waals surface area contributed by atoms with Gasteiger partial charge in [-0.25, -0.2) is 4.79 Å². The first-order valence-electron chi connectivity index (χ1n) is 14.0. The molecule has 7 heteroatoms. The molecule has 0 saturated heterocycles. The highest BCUT2D eigenvalue weighted by atomic mass is 16.4. The molecule has 0 amide bonds. The van der Waals surface area contributed by atoms with E-state index in [0.29, 0.717) is 19.3 Å². The van der Waals surface area contributed by atoms with Crippen molar-refractivity contribution in [2.45, 2.75) is 127 Å². The second-order valence-corrected chi connectivity index (χ2v) is 13.4. The van der Waals surface area contributed by atoms with Crippen molar-refractivity contribution in [3.63, 3.8) is 0 Å². The predicted molar refractivity (Wildman–Crippen MR) is 147 cm³/mol. The van der Waals surface area contributed by atoms with Crippen LogP contribution in [0.2, 0.25) is 0 Å². The second kappa shape index (κ2) is 12.5. The SMILES string of the molecule is CCC(C)(CC(C(=O)O)C(O)(C(=O)O)C(CC(C)(CC)C(C)C)(CC(C)(CC)C(C)C)C(=O)O)C(C)C. The minimum Gasteiger partial charge on any atom is -0.481 e. The van der Waals surface area contributed by atoms with Gasteiger partial charge in [-0.1, -0.05) is 102 Å². The topological polar surface area (TPSA) is 132 Å². The van der Waals surface area contributed by atoms with Crippen LogP contribution in [0.15, 0.2) is 0 Å². The highest BCUT2D eigenvalue weighted by Gasteiger charge is 2.69. The molecule has 0 aliphatic heterocycles. The lowest BCUT2D eigenvalue weighted by Crippen LogP contribution is -2.67. The van der Waals surface area contributed by atoms with E-state index in [2.05, 4.69) is 0 Å². The maximum absolute atomic E-state index is 13.5. The van der Waals surface area contributed by atoms with Crippen LogP contribution in [-0.2, 0) is 14.4 Å². The Hall–Kier alpha value is -1.63. The lowest BCUT2D eigenvalue weighted by molar-refractivity contribution is -0.219. The first kappa shape index (κ1) is 35.4. The fourth-order valence-corrected chi connectivity index (χ4v) is 5.86. The number of carbonyl (C=O) groups is 3. The Morgan fingerprint density at radius 2 is 0.946 bits per heavy atom. The van der Waals surface area contributed by atoms with Crippen LogP contribution in [-0.4, -0.2) is 43.9 Å². The van der Waals surface area contributed by atoms with Crippen LogP contribution in [0.25, 0.3) is 0 Å². The van der Waals surface area contributed by atoms with Gasteiger partial charge in [0.1, 0.15) is 5.41 Å². The Labute approximate surface area is 225 Å². The van der Waals surface area contributed by atoms with Gasteiger partial charge >= 0.3 is 17.9 Å². The molecule has 0 bridgehead atoms. The third-order valence-corrected chi connectivity index (χ3v) is 11.0. The molecule has 0 aliphatic carbocycles. The van der Waals surface area contributed by atoms with E-state index in [1.165, 1.54) is 0 Å². The van der Waals surface area contributed by atoms with E-state index in [1.54, 1.807) is 0 Å². The van der Waals surface area contributed by atoms with Crippen molar-refractivity contribution >= 4 is 17.9 Å². The molecule has 0 aromatic rings. The van der Waals surface area contributed by atoms with Crippen molar-refractivity contribution in [1.29, 1.82) is 0 Å². The Morgan fingerprint density at radius 1 is 0.622 bits per heavy atom. The zero-order chi connectivity index (χ0) is 29.8. The van der Waals surface area contributed by atoms with Crippen LogP contribution in [0.5, 0.6) is 0 Å². The Kier molecular flexibility index (Phi) is 11.9. The van der Waals surface area contributed by atoms with E-state index in [-0.39, 0.29) is 37.0 Å². The summed E-state index contributed by atoms with van der Waals surface area (Å²) in [5, 5.41) is 44.5. The molecular weight excluding hydrogens is 472 g/mol. The fourth-order valence-electron chi connectivity index (χ4n) is 5.86. The molecule has 7 nitrogen and oxygen atoms in total. The van der Waals surface area contributed by atoms with E-state index in [4.69, 9.17) is 0 Å². The summed E-state index contributed by atoms with van der Waals surface area (Å²) >= 11 is 0. The molecule has 0 aliphatic rings. The van der Waals surface area contributed by atoms with E-state index in [1.807, 2.05) is 83.1 Å². The van der Waals surface area contributed by atoms with Crippen LogP contribution in [0.1, 0.15) is 122 Å². The third-order valence-electron chi connectivity index (χ3n) is 11.0. The number of hydrogen-bond donors (Lipinski definition) is 4. The average molecular weight is 529 g/mol. The highest BCUT2D eigenvalue weighted by molar-refractivity contribution is 5.93. The lowest BCUT2D eigenvalue weighted by Gasteiger charge is -2.53. The van der Waals surface area contributed by atoms with Crippen molar-refractivity contribution in [3.8, 4) is 0 Å². The van der Waals surface area contributed by atoms with Crippen molar-refractivity contribution in [2.24, 2.45) is 45.3 Å². The molecule has 0 fully saturated rings. The van der Waals surface area contributed by atoms with Gasteiger partial charge in [0.2, 0.25) is 0 Å². The zero-order valence-corrected chi connectivity index (χ0v) is 25.6. The van der Waals surface area contributed by atoms with Crippen molar-refractivity contribution < 1.29 is 34.8 Å². The van der Waals surface area contributed by atoms with Gasteiger partial charge in [-0.15, -0.1) is 0 Å². The standard InChI is InChI=1S/C30H56O7/c1-13-26(10,19(4)5)16-22(23(31)32)30(37,25(35)36)29(24(33)34,17-27(11,14-2)20(6)7)18-28(12,15-3)21(8)9/h19-22,37H,13-18H2,1-12H3,(H,31,32)(H,33,34)(H,35,36). The van der Waals surface area contributed by atoms with Gasteiger partial charge in [0, 0.05) is 0 Å². The Bertz CT molecular complexity index is 780. The smallest absolute Gasteiger partial charge is 0.337 e. The summed E-state index contributed by atoms with van der Waals surface area (Å²) in [6.45, 7) is 23.2. The summed E-state index contributed by atoms with van der Waals surface area (Å²) in [5.74, 6) is -6.59. The lowest BCUT2D eigenvalue weighted by atomic mass is 9.50. The van der Waals surface area contributed by atoms with Crippen LogP contribution in [0, 0.1) is 45.3 Å². The molecule has 4 N–H and O–H groups in total. The number of carboxylic acids is 3. The van der Waals surface area contributed by atoms with Gasteiger partial charge < -0.3 is 20.4 Å². The molecular formula is C30H56O7. The van der Waals surface area contributed by atoms with E-state index >= 15 is 0 Å². The van der Waals surface area contributed by atoms with Gasteiger partial charge in [0.25, 0.3) is 0 Å². The molecule has 0 rings (SSSR count). The maximum Gasteiger partial charge on any atom is 0.337 e. The largest absolute Gasteiger partial charge is 0.481 e. The van der Waals surface area contributed by atoms with Crippen LogP contribution < -0.4 is 0 Å². The monoisotopic (exact) mass is 528 g/mol. The summed E-state index contributed by atoms with van der Waals surface area (Å²) in [5.41, 5.74) is -7.19. The summed E-state index contributed by atoms with van der Waals surface area (Å²) in [6.07, 6.45) is 1.21. The minimum atomic E-state index is -3.04. The Balaban J connectivity index is 7.82. The van der Waals surface area contributed by atoms with Gasteiger partial charge in [0.05, 0.1) is 5.92 Å². The molecule has 0 saturated carbocycles. The number of aliphatic carboxylic acids is 3.